The van der Waals surface area contributed by atoms with Crippen molar-refractivity contribution in [3.8, 4) is 0 Å². The summed E-state index contributed by atoms with van der Waals surface area (Å²) in [6, 6.07) is 4.55. The van der Waals surface area contributed by atoms with E-state index in [0.717, 1.165) is 24.5 Å². The highest BCUT2D eigenvalue weighted by Crippen LogP contribution is 2.35. The van der Waals surface area contributed by atoms with Crippen LogP contribution < -0.4 is 5.32 Å². The van der Waals surface area contributed by atoms with Gasteiger partial charge in [-0.05, 0) is 25.0 Å². The van der Waals surface area contributed by atoms with Crippen LogP contribution in [0.4, 0.5) is 11.4 Å². The van der Waals surface area contributed by atoms with Gasteiger partial charge >= 0.3 is 0 Å². The van der Waals surface area contributed by atoms with Gasteiger partial charge in [0.1, 0.15) is 11.5 Å². The van der Waals surface area contributed by atoms with Gasteiger partial charge in [-0.3, -0.25) is 10.1 Å². The first kappa shape index (κ1) is 14.8. The molecule has 0 unspecified atom stereocenters. The number of nitro benzene ring substituents is 1. The van der Waals surface area contributed by atoms with Crippen molar-refractivity contribution < 1.29 is 4.92 Å². The van der Waals surface area contributed by atoms with Gasteiger partial charge in [-0.1, -0.05) is 18.0 Å². The van der Waals surface area contributed by atoms with Gasteiger partial charge in [0, 0.05) is 24.1 Å². The minimum Gasteiger partial charge on any atom is -0.372 e. The van der Waals surface area contributed by atoms with E-state index in [1.165, 1.54) is 12.5 Å². The van der Waals surface area contributed by atoms with Crippen LogP contribution in [0.3, 0.4) is 0 Å². The highest BCUT2D eigenvalue weighted by molar-refractivity contribution is 6.30. The largest absolute Gasteiger partial charge is 0.372 e. The average Bonchev–Trinajstić information content (AvgIpc) is 2.77. The van der Waals surface area contributed by atoms with Crippen LogP contribution in [0.2, 0.25) is 5.02 Å². The number of halogens is 1. The lowest BCUT2D eigenvalue weighted by Crippen LogP contribution is -2.15. The molecule has 0 bridgehead atoms. The summed E-state index contributed by atoms with van der Waals surface area (Å²) < 4.78 is 1.97. The number of nitro groups is 1. The Morgan fingerprint density at radius 1 is 1.45 bits per heavy atom. The fourth-order valence-electron chi connectivity index (χ4n) is 2.53. The molecular formula is C14H16ClN5O2. The van der Waals surface area contributed by atoms with Crippen molar-refractivity contribution >= 4 is 23.0 Å². The Kier molecular flexibility index (Phi) is 3.98. The summed E-state index contributed by atoms with van der Waals surface area (Å²) in [7, 11) is 1.93. The summed E-state index contributed by atoms with van der Waals surface area (Å²) in [6.45, 7) is 0.374. The van der Waals surface area contributed by atoms with E-state index < -0.39 is 4.92 Å². The van der Waals surface area contributed by atoms with Crippen LogP contribution >= 0.6 is 11.6 Å². The number of hydrogen-bond acceptors (Lipinski definition) is 5. The van der Waals surface area contributed by atoms with Gasteiger partial charge in [0.15, 0.2) is 5.82 Å². The van der Waals surface area contributed by atoms with Crippen molar-refractivity contribution in [3.05, 3.63) is 45.0 Å². The molecule has 0 atom stereocenters. The molecule has 0 saturated heterocycles. The lowest BCUT2D eigenvalue weighted by atomic mass is 9.85. The normalized spacial score (nSPS) is 14.6. The van der Waals surface area contributed by atoms with E-state index >= 15 is 0 Å². The average molecular weight is 322 g/mol. The van der Waals surface area contributed by atoms with Gasteiger partial charge < -0.3 is 9.88 Å². The highest BCUT2D eigenvalue weighted by atomic mass is 35.5. The lowest BCUT2D eigenvalue weighted by molar-refractivity contribution is -0.383. The summed E-state index contributed by atoms with van der Waals surface area (Å²) in [5.74, 6) is 2.25. The van der Waals surface area contributed by atoms with Crippen molar-refractivity contribution in [2.75, 3.05) is 5.32 Å². The standard InChI is InChI=1S/C14H16ClN5O2/c1-19-13(17-18-14(19)9-3-2-4-9)8-16-11-6-5-10(15)7-12(11)20(21)22/h5-7,9,16H,2-4,8H2,1H3. The zero-order chi connectivity index (χ0) is 15.7. The molecule has 0 aliphatic heterocycles. The third-order valence-corrected chi connectivity index (χ3v) is 4.30. The summed E-state index contributed by atoms with van der Waals surface area (Å²) >= 11 is 5.81. The Balaban J connectivity index is 1.75. The van der Waals surface area contributed by atoms with Crippen molar-refractivity contribution in [1.29, 1.82) is 0 Å². The molecule has 1 heterocycles. The molecule has 1 aromatic carbocycles. The molecule has 22 heavy (non-hydrogen) atoms. The van der Waals surface area contributed by atoms with E-state index in [4.69, 9.17) is 11.6 Å². The van der Waals surface area contributed by atoms with Crippen LogP contribution in [-0.2, 0) is 13.6 Å². The summed E-state index contributed by atoms with van der Waals surface area (Å²) in [5.41, 5.74) is 0.372. The number of anilines is 1. The molecule has 1 aliphatic rings. The zero-order valence-electron chi connectivity index (χ0n) is 12.1. The second-order valence-corrected chi connectivity index (χ2v) is 5.87. The fourth-order valence-corrected chi connectivity index (χ4v) is 2.70. The van der Waals surface area contributed by atoms with Gasteiger partial charge in [0.25, 0.3) is 5.69 Å². The molecular weight excluding hydrogens is 306 g/mol. The monoisotopic (exact) mass is 321 g/mol. The predicted octanol–water partition coefficient (Wildman–Crippen LogP) is 3.26. The Morgan fingerprint density at radius 2 is 2.23 bits per heavy atom. The second kappa shape index (κ2) is 5.92. The maximum atomic E-state index is 11.1. The molecule has 1 saturated carbocycles. The maximum Gasteiger partial charge on any atom is 0.293 e. The topological polar surface area (TPSA) is 85.9 Å². The van der Waals surface area contributed by atoms with Gasteiger partial charge in [-0.15, -0.1) is 10.2 Å². The number of nitrogens with zero attached hydrogens (tertiary/aromatic N) is 4. The van der Waals surface area contributed by atoms with Crippen LogP contribution in [0.25, 0.3) is 0 Å². The van der Waals surface area contributed by atoms with Gasteiger partial charge in [-0.2, -0.15) is 0 Å². The summed E-state index contributed by atoms with van der Waals surface area (Å²) in [5, 5.41) is 22.9. The van der Waals surface area contributed by atoms with Crippen molar-refractivity contribution in [1.82, 2.24) is 14.8 Å². The third kappa shape index (κ3) is 2.76. The summed E-state index contributed by atoms with van der Waals surface area (Å²) in [6.07, 6.45) is 3.55. The molecule has 8 heteroatoms. The first-order valence-corrected chi connectivity index (χ1v) is 7.50. The molecule has 1 aromatic heterocycles. The Morgan fingerprint density at radius 3 is 2.86 bits per heavy atom. The van der Waals surface area contributed by atoms with E-state index in [9.17, 15) is 10.1 Å². The van der Waals surface area contributed by atoms with Crippen molar-refractivity contribution in [3.63, 3.8) is 0 Å². The molecule has 1 N–H and O–H groups in total. The number of hydrogen-bond donors (Lipinski definition) is 1. The Bertz CT molecular complexity index is 711. The van der Waals surface area contributed by atoms with E-state index in [1.807, 2.05) is 11.6 Å². The Labute approximate surface area is 132 Å². The first-order valence-electron chi connectivity index (χ1n) is 7.12. The second-order valence-electron chi connectivity index (χ2n) is 5.43. The number of benzene rings is 1. The van der Waals surface area contributed by atoms with Crippen LogP contribution in [0.15, 0.2) is 18.2 Å². The molecule has 0 spiro atoms. The SMILES string of the molecule is Cn1c(CNc2ccc(Cl)cc2[N+](=O)[O-])nnc1C1CCC1. The van der Waals surface area contributed by atoms with Crippen molar-refractivity contribution in [2.45, 2.75) is 31.7 Å². The third-order valence-electron chi connectivity index (χ3n) is 4.06. The fraction of sp³-hybridized carbons (Fsp3) is 0.429. The molecule has 0 radical (unpaired) electrons. The molecule has 3 rings (SSSR count). The van der Waals surface area contributed by atoms with Gasteiger partial charge in [0.05, 0.1) is 11.5 Å². The van der Waals surface area contributed by atoms with E-state index in [2.05, 4.69) is 15.5 Å². The minimum absolute atomic E-state index is 0.0473. The minimum atomic E-state index is -0.454. The van der Waals surface area contributed by atoms with Crippen molar-refractivity contribution in [2.24, 2.45) is 7.05 Å². The predicted molar refractivity (Wildman–Crippen MR) is 83.0 cm³/mol. The van der Waals surface area contributed by atoms with E-state index in [-0.39, 0.29) is 5.69 Å². The molecule has 2 aromatic rings. The van der Waals surface area contributed by atoms with Gasteiger partial charge in [-0.25, -0.2) is 0 Å². The van der Waals surface area contributed by atoms with Gasteiger partial charge in [0.2, 0.25) is 0 Å². The molecule has 1 aliphatic carbocycles. The maximum absolute atomic E-state index is 11.1. The number of rotatable bonds is 5. The lowest BCUT2D eigenvalue weighted by Gasteiger charge is -2.24. The van der Waals surface area contributed by atoms with Crippen LogP contribution in [0.1, 0.15) is 36.8 Å². The van der Waals surface area contributed by atoms with Crippen LogP contribution in [0.5, 0.6) is 0 Å². The smallest absolute Gasteiger partial charge is 0.293 e. The van der Waals surface area contributed by atoms with E-state index in [1.54, 1.807) is 12.1 Å². The molecule has 1 fully saturated rings. The zero-order valence-corrected chi connectivity index (χ0v) is 12.9. The number of aromatic nitrogens is 3. The molecule has 116 valence electrons. The Hall–Kier alpha value is -2.15. The molecule has 7 nitrogen and oxygen atoms in total. The first-order chi connectivity index (χ1) is 10.6. The van der Waals surface area contributed by atoms with Crippen LogP contribution in [-0.4, -0.2) is 19.7 Å². The van der Waals surface area contributed by atoms with E-state index in [0.29, 0.717) is 23.2 Å². The summed E-state index contributed by atoms with van der Waals surface area (Å²) in [4.78, 5) is 10.6. The molecule has 0 amide bonds. The van der Waals surface area contributed by atoms with Crippen LogP contribution in [0, 0.1) is 10.1 Å². The number of nitrogens with one attached hydrogen (secondary N) is 1. The highest BCUT2D eigenvalue weighted by Gasteiger charge is 2.25. The quantitative estimate of drug-likeness (QED) is 0.674.